The monoisotopic (exact) mass is 337 g/mol. The maximum Gasteiger partial charge on any atom is 0.226 e. The zero-order valence-corrected chi connectivity index (χ0v) is 12.2. The molecule has 0 radical (unpaired) electrons. The molecule has 0 saturated heterocycles. The third-order valence-corrected chi connectivity index (χ3v) is 3.45. The van der Waals surface area contributed by atoms with Crippen LogP contribution in [0.5, 0.6) is 0 Å². The number of nitrogens with zero attached hydrogens (tertiary/aromatic N) is 1. The number of carbonyl (C=O) groups is 1. The van der Waals surface area contributed by atoms with E-state index in [1.54, 1.807) is 18.2 Å². The van der Waals surface area contributed by atoms with Gasteiger partial charge in [-0.1, -0.05) is 15.9 Å². The SMILES string of the molecule is Nc1ccc(CC(=O)NCc2cc(F)ccc2Br)nc1. The summed E-state index contributed by atoms with van der Waals surface area (Å²) in [5.74, 6) is -0.518. The highest BCUT2D eigenvalue weighted by Gasteiger charge is 2.07. The van der Waals surface area contributed by atoms with E-state index in [1.807, 2.05) is 0 Å². The number of nitrogen functional groups attached to an aromatic ring is 1. The lowest BCUT2D eigenvalue weighted by Gasteiger charge is -2.07. The minimum absolute atomic E-state index is 0.160. The van der Waals surface area contributed by atoms with Gasteiger partial charge in [-0.2, -0.15) is 0 Å². The molecule has 4 nitrogen and oxygen atoms in total. The number of hydrogen-bond donors (Lipinski definition) is 2. The first kappa shape index (κ1) is 14.5. The number of aromatic nitrogens is 1. The van der Waals surface area contributed by atoms with Gasteiger partial charge in [0.2, 0.25) is 5.91 Å². The molecule has 2 rings (SSSR count). The Labute approximate surface area is 124 Å². The van der Waals surface area contributed by atoms with Crippen molar-refractivity contribution in [3.8, 4) is 0 Å². The molecule has 20 heavy (non-hydrogen) atoms. The summed E-state index contributed by atoms with van der Waals surface area (Å²) in [4.78, 5) is 15.8. The van der Waals surface area contributed by atoms with E-state index < -0.39 is 0 Å². The molecule has 0 atom stereocenters. The minimum atomic E-state index is -0.336. The number of rotatable bonds is 4. The normalized spacial score (nSPS) is 10.3. The summed E-state index contributed by atoms with van der Waals surface area (Å²) < 4.78 is 13.9. The molecule has 0 aliphatic rings. The Morgan fingerprint density at radius 2 is 2.15 bits per heavy atom. The van der Waals surface area contributed by atoms with Gasteiger partial charge < -0.3 is 11.1 Å². The Morgan fingerprint density at radius 3 is 2.85 bits per heavy atom. The van der Waals surface area contributed by atoms with Crippen LogP contribution in [0.3, 0.4) is 0 Å². The molecule has 3 N–H and O–H groups in total. The summed E-state index contributed by atoms with van der Waals surface area (Å²) in [6, 6.07) is 7.74. The number of benzene rings is 1. The van der Waals surface area contributed by atoms with Crippen molar-refractivity contribution in [3.05, 3.63) is 58.1 Å². The zero-order chi connectivity index (χ0) is 14.5. The zero-order valence-electron chi connectivity index (χ0n) is 10.6. The van der Waals surface area contributed by atoms with Crippen molar-refractivity contribution in [1.29, 1.82) is 0 Å². The maximum absolute atomic E-state index is 13.1. The lowest BCUT2D eigenvalue weighted by atomic mass is 10.2. The molecule has 0 saturated carbocycles. The minimum Gasteiger partial charge on any atom is -0.397 e. The van der Waals surface area contributed by atoms with Crippen LogP contribution >= 0.6 is 15.9 Å². The van der Waals surface area contributed by atoms with Crippen molar-refractivity contribution < 1.29 is 9.18 Å². The molecule has 2 aromatic rings. The quantitative estimate of drug-likeness (QED) is 0.900. The molecule has 1 aromatic heterocycles. The number of anilines is 1. The van der Waals surface area contributed by atoms with Crippen LogP contribution < -0.4 is 11.1 Å². The number of hydrogen-bond acceptors (Lipinski definition) is 3. The van der Waals surface area contributed by atoms with Gasteiger partial charge in [0.25, 0.3) is 0 Å². The molecular weight excluding hydrogens is 325 g/mol. The number of halogens is 2. The predicted molar refractivity (Wildman–Crippen MR) is 78.3 cm³/mol. The molecule has 1 aromatic carbocycles. The van der Waals surface area contributed by atoms with E-state index >= 15 is 0 Å². The molecule has 0 aliphatic carbocycles. The van der Waals surface area contributed by atoms with E-state index in [2.05, 4.69) is 26.2 Å². The summed E-state index contributed by atoms with van der Waals surface area (Å²) >= 11 is 3.31. The predicted octanol–water partition coefficient (Wildman–Crippen LogP) is 2.42. The van der Waals surface area contributed by atoms with Crippen LogP contribution in [0, 0.1) is 5.82 Å². The van der Waals surface area contributed by atoms with Crippen LogP contribution in [0.25, 0.3) is 0 Å². The lowest BCUT2D eigenvalue weighted by molar-refractivity contribution is -0.120. The number of nitrogens with one attached hydrogen (secondary N) is 1. The van der Waals surface area contributed by atoms with Crippen LogP contribution in [0.2, 0.25) is 0 Å². The van der Waals surface area contributed by atoms with E-state index in [4.69, 9.17) is 5.73 Å². The van der Waals surface area contributed by atoms with E-state index in [0.717, 1.165) is 4.47 Å². The van der Waals surface area contributed by atoms with Gasteiger partial charge in [0.15, 0.2) is 0 Å². The molecule has 6 heteroatoms. The first-order valence-electron chi connectivity index (χ1n) is 5.95. The van der Waals surface area contributed by atoms with Gasteiger partial charge >= 0.3 is 0 Å². The molecule has 0 spiro atoms. The Bertz CT molecular complexity index is 616. The highest BCUT2D eigenvalue weighted by atomic mass is 79.9. The third kappa shape index (κ3) is 4.03. The van der Waals surface area contributed by atoms with Crippen LogP contribution in [0.15, 0.2) is 41.0 Å². The van der Waals surface area contributed by atoms with Gasteiger partial charge in [0.1, 0.15) is 5.82 Å². The Morgan fingerprint density at radius 1 is 1.35 bits per heavy atom. The fourth-order valence-electron chi connectivity index (χ4n) is 1.64. The van der Waals surface area contributed by atoms with Crippen molar-refractivity contribution in [2.45, 2.75) is 13.0 Å². The highest BCUT2D eigenvalue weighted by molar-refractivity contribution is 9.10. The summed E-state index contributed by atoms with van der Waals surface area (Å²) in [5, 5.41) is 2.72. The summed E-state index contributed by atoms with van der Waals surface area (Å²) in [6.45, 7) is 0.256. The molecule has 1 amide bonds. The Kier molecular flexibility index (Phi) is 4.68. The first-order valence-corrected chi connectivity index (χ1v) is 6.75. The number of carbonyl (C=O) groups excluding carboxylic acids is 1. The average molecular weight is 338 g/mol. The molecule has 0 bridgehead atoms. The first-order chi connectivity index (χ1) is 9.54. The van der Waals surface area contributed by atoms with Gasteiger partial charge in [-0.15, -0.1) is 0 Å². The van der Waals surface area contributed by atoms with E-state index in [9.17, 15) is 9.18 Å². The van der Waals surface area contributed by atoms with E-state index in [1.165, 1.54) is 18.3 Å². The van der Waals surface area contributed by atoms with Gasteiger partial charge in [-0.05, 0) is 35.9 Å². The van der Waals surface area contributed by atoms with Gasteiger partial charge in [0, 0.05) is 16.7 Å². The van der Waals surface area contributed by atoms with Gasteiger partial charge in [0.05, 0.1) is 18.3 Å². The molecule has 0 fully saturated rings. The van der Waals surface area contributed by atoms with Crippen LogP contribution in [-0.2, 0) is 17.8 Å². The second-order valence-corrected chi connectivity index (χ2v) is 5.13. The topological polar surface area (TPSA) is 68.0 Å². The maximum atomic E-state index is 13.1. The fraction of sp³-hybridized carbons (Fsp3) is 0.143. The summed E-state index contributed by atoms with van der Waals surface area (Å²) in [7, 11) is 0. The van der Waals surface area contributed by atoms with E-state index in [-0.39, 0.29) is 24.7 Å². The molecule has 0 unspecified atom stereocenters. The van der Waals surface area contributed by atoms with Crippen molar-refractivity contribution in [1.82, 2.24) is 10.3 Å². The number of pyridine rings is 1. The Hall–Kier alpha value is -1.95. The second kappa shape index (κ2) is 6.47. The van der Waals surface area contributed by atoms with Crippen molar-refractivity contribution >= 4 is 27.5 Å². The van der Waals surface area contributed by atoms with Crippen molar-refractivity contribution in [3.63, 3.8) is 0 Å². The average Bonchev–Trinajstić information content (AvgIpc) is 2.42. The number of amides is 1. The largest absolute Gasteiger partial charge is 0.397 e. The molecule has 1 heterocycles. The number of nitrogens with two attached hydrogens (primary N) is 1. The van der Waals surface area contributed by atoms with Gasteiger partial charge in [-0.25, -0.2) is 4.39 Å². The molecule has 0 aliphatic heterocycles. The van der Waals surface area contributed by atoms with Gasteiger partial charge in [-0.3, -0.25) is 9.78 Å². The molecular formula is C14H13BrFN3O. The molecule has 104 valence electrons. The summed E-state index contributed by atoms with van der Waals surface area (Å²) in [6.07, 6.45) is 1.67. The van der Waals surface area contributed by atoms with Crippen LogP contribution in [0.1, 0.15) is 11.3 Å². The highest BCUT2D eigenvalue weighted by Crippen LogP contribution is 2.17. The van der Waals surface area contributed by atoms with Crippen LogP contribution in [0.4, 0.5) is 10.1 Å². The lowest BCUT2D eigenvalue weighted by Crippen LogP contribution is -2.25. The van der Waals surface area contributed by atoms with Crippen molar-refractivity contribution in [2.75, 3.05) is 5.73 Å². The fourth-order valence-corrected chi connectivity index (χ4v) is 2.03. The second-order valence-electron chi connectivity index (χ2n) is 4.27. The Balaban J connectivity index is 1.92. The summed E-state index contributed by atoms with van der Waals surface area (Å²) in [5.41, 5.74) is 7.39. The van der Waals surface area contributed by atoms with Crippen LogP contribution in [-0.4, -0.2) is 10.9 Å². The van der Waals surface area contributed by atoms with Crippen molar-refractivity contribution in [2.24, 2.45) is 0 Å². The standard InChI is InChI=1S/C14H13BrFN3O/c15-13-4-1-10(16)5-9(13)7-19-14(20)6-12-3-2-11(17)8-18-12/h1-5,8H,6-7,17H2,(H,19,20). The third-order valence-electron chi connectivity index (χ3n) is 2.67. The van der Waals surface area contributed by atoms with E-state index in [0.29, 0.717) is 16.9 Å². The smallest absolute Gasteiger partial charge is 0.226 e.